The lowest BCUT2D eigenvalue weighted by Gasteiger charge is -2.23. The van der Waals surface area contributed by atoms with E-state index in [1.807, 2.05) is 30.7 Å². The maximum atomic E-state index is 12.6. The number of halogens is 2. The molecule has 1 aliphatic heterocycles. The average molecular weight is 401 g/mol. The number of carbonyl (C=O) groups excluding carboxylic acids is 1. The van der Waals surface area contributed by atoms with E-state index in [1.165, 1.54) is 0 Å². The zero-order chi connectivity index (χ0) is 16.9. The Balaban J connectivity index is 0.00000169. The van der Waals surface area contributed by atoms with Gasteiger partial charge in [-0.1, -0.05) is 12.1 Å². The molecule has 2 aromatic rings. The Morgan fingerprint density at radius 1 is 1.31 bits per heavy atom. The summed E-state index contributed by atoms with van der Waals surface area (Å²) in [6, 6.07) is 4.12. The van der Waals surface area contributed by atoms with Gasteiger partial charge in [0.2, 0.25) is 0 Å². The smallest absolute Gasteiger partial charge is 0.274 e. The lowest BCUT2D eigenvalue weighted by atomic mass is 10.1. The van der Waals surface area contributed by atoms with E-state index in [9.17, 15) is 4.79 Å². The molecule has 0 bridgehead atoms. The molecule has 1 aliphatic rings. The number of hydrogen-bond acceptors (Lipinski definition) is 5. The van der Waals surface area contributed by atoms with E-state index in [1.54, 1.807) is 12.4 Å². The fraction of sp³-hybridized carbons (Fsp3) is 0.529. The van der Waals surface area contributed by atoms with Crippen LogP contribution >= 0.6 is 24.8 Å². The van der Waals surface area contributed by atoms with Crippen LogP contribution in [0, 0.1) is 6.92 Å². The number of hydrogen-bond donors (Lipinski definition) is 2. The first kappa shape index (κ1) is 22.3. The average Bonchev–Trinajstić information content (AvgIpc) is 3.02. The van der Waals surface area contributed by atoms with E-state index in [0.29, 0.717) is 11.7 Å². The molecule has 2 aromatic heterocycles. The first-order valence-corrected chi connectivity index (χ1v) is 8.54. The second kappa shape index (κ2) is 10.4. The summed E-state index contributed by atoms with van der Waals surface area (Å²) in [5.41, 5.74) is 2.30. The molecule has 0 aliphatic carbocycles. The van der Waals surface area contributed by atoms with Crippen LogP contribution in [0.5, 0.6) is 0 Å². The Labute approximate surface area is 166 Å². The number of pyridine rings is 1. The lowest BCUT2D eigenvalue weighted by Crippen LogP contribution is -2.31. The molecule has 0 saturated carbocycles. The van der Waals surface area contributed by atoms with Crippen molar-refractivity contribution < 1.29 is 4.79 Å². The predicted octanol–water partition coefficient (Wildman–Crippen LogP) is 2.63. The van der Waals surface area contributed by atoms with Crippen molar-refractivity contribution in [1.82, 2.24) is 30.6 Å². The summed E-state index contributed by atoms with van der Waals surface area (Å²) in [6.45, 7) is 5.92. The highest BCUT2D eigenvalue weighted by Gasteiger charge is 2.24. The molecule has 0 aromatic carbocycles. The van der Waals surface area contributed by atoms with Crippen molar-refractivity contribution in [2.75, 3.05) is 13.1 Å². The normalized spacial score (nSPS) is 15.5. The van der Waals surface area contributed by atoms with E-state index >= 15 is 0 Å². The molecule has 1 saturated heterocycles. The highest BCUT2D eigenvalue weighted by atomic mass is 35.5. The Hall–Kier alpha value is -1.70. The zero-order valence-corrected chi connectivity index (χ0v) is 16.6. The third-order valence-corrected chi connectivity index (χ3v) is 4.62. The van der Waals surface area contributed by atoms with E-state index < -0.39 is 0 Å². The van der Waals surface area contributed by atoms with Crippen molar-refractivity contribution in [2.45, 2.75) is 45.2 Å². The van der Waals surface area contributed by atoms with Crippen molar-refractivity contribution in [3.63, 3.8) is 0 Å². The van der Waals surface area contributed by atoms with Gasteiger partial charge in [0.25, 0.3) is 5.91 Å². The third kappa shape index (κ3) is 4.93. The summed E-state index contributed by atoms with van der Waals surface area (Å²) in [7, 11) is 0. The molecule has 1 atom stereocenters. The van der Waals surface area contributed by atoms with Crippen molar-refractivity contribution in [2.24, 2.45) is 0 Å². The minimum Gasteiger partial charge on any atom is -0.344 e. The van der Waals surface area contributed by atoms with Crippen molar-refractivity contribution in [3.8, 4) is 0 Å². The van der Waals surface area contributed by atoms with Crippen molar-refractivity contribution >= 4 is 30.7 Å². The van der Waals surface area contributed by atoms with E-state index in [0.717, 1.165) is 43.6 Å². The number of amides is 1. The fourth-order valence-electron chi connectivity index (χ4n) is 3.19. The van der Waals surface area contributed by atoms with Gasteiger partial charge in [-0.25, -0.2) is 4.68 Å². The number of piperidine rings is 1. The van der Waals surface area contributed by atoms with Gasteiger partial charge in [0.15, 0.2) is 5.69 Å². The summed E-state index contributed by atoms with van der Waals surface area (Å²) in [5, 5.41) is 14.8. The first-order valence-electron chi connectivity index (χ1n) is 8.54. The third-order valence-electron chi connectivity index (χ3n) is 4.62. The minimum absolute atomic E-state index is 0. The summed E-state index contributed by atoms with van der Waals surface area (Å²) in [5.74, 6) is -0.170. The van der Waals surface area contributed by atoms with Crippen LogP contribution in [0.1, 0.15) is 60.0 Å². The van der Waals surface area contributed by atoms with Gasteiger partial charge in [0.05, 0.1) is 17.8 Å². The summed E-state index contributed by atoms with van der Waals surface area (Å²) in [4.78, 5) is 16.7. The molecule has 0 radical (unpaired) electrons. The molecule has 0 spiro atoms. The Bertz CT molecular complexity index is 688. The van der Waals surface area contributed by atoms with Crippen LogP contribution in [-0.4, -0.2) is 39.0 Å². The largest absolute Gasteiger partial charge is 0.344 e. The number of nitrogens with zero attached hydrogens (tertiary/aromatic N) is 4. The maximum absolute atomic E-state index is 12.6. The molecule has 7 nitrogen and oxygen atoms in total. The maximum Gasteiger partial charge on any atom is 0.274 e. The van der Waals surface area contributed by atoms with Crippen LogP contribution in [0.4, 0.5) is 0 Å². The second-order valence-corrected chi connectivity index (χ2v) is 6.16. The van der Waals surface area contributed by atoms with Gasteiger partial charge in [-0.05, 0) is 57.0 Å². The molecular formula is C17H26Cl2N6O. The van der Waals surface area contributed by atoms with E-state index in [4.69, 9.17) is 0 Å². The summed E-state index contributed by atoms with van der Waals surface area (Å²) in [6.07, 6.45) is 6.31. The molecule has 9 heteroatoms. The summed E-state index contributed by atoms with van der Waals surface area (Å²) < 4.78 is 1.91. The van der Waals surface area contributed by atoms with Crippen LogP contribution in [0.3, 0.4) is 0 Å². The van der Waals surface area contributed by atoms with Crippen LogP contribution in [-0.2, 0) is 0 Å². The molecule has 2 N–H and O–H groups in total. The first-order chi connectivity index (χ1) is 11.7. The molecule has 1 unspecified atom stereocenters. The standard InChI is InChI=1S/C17H24N6O.2ClH/c1-3-15(13-4-8-18-9-5-13)20-17(24)16-12(2)23(22-21-16)14-6-10-19-11-7-14;;/h4-5,8-9,14-15,19H,3,6-7,10-11H2,1-2H3,(H,20,24);2*1H. The number of aromatic nitrogens is 4. The van der Waals surface area contributed by atoms with Gasteiger partial charge in [0.1, 0.15) is 0 Å². The predicted molar refractivity (Wildman–Crippen MR) is 105 cm³/mol. The van der Waals surface area contributed by atoms with Crippen molar-refractivity contribution in [1.29, 1.82) is 0 Å². The lowest BCUT2D eigenvalue weighted by molar-refractivity contribution is 0.0929. The molecular weight excluding hydrogens is 375 g/mol. The van der Waals surface area contributed by atoms with Gasteiger partial charge in [-0.3, -0.25) is 9.78 Å². The van der Waals surface area contributed by atoms with Crippen LogP contribution in [0.25, 0.3) is 0 Å². The van der Waals surface area contributed by atoms with Gasteiger partial charge in [-0.15, -0.1) is 29.9 Å². The van der Waals surface area contributed by atoms with Gasteiger partial charge in [-0.2, -0.15) is 0 Å². The monoisotopic (exact) mass is 400 g/mol. The highest BCUT2D eigenvalue weighted by molar-refractivity contribution is 5.93. The second-order valence-electron chi connectivity index (χ2n) is 6.16. The van der Waals surface area contributed by atoms with Gasteiger partial charge >= 0.3 is 0 Å². The van der Waals surface area contributed by atoms with Gasteiger partial charge in [0, 0.05) is 12.4 Å². The summed E-state index contributed by atoms with van der Waals surface area (Å²) >= 11 is 0. The number of carbonyl (C=O) groups is 1. The molecule has 1 fully saturated rings. The molecule has 3 rings (SSSR count). The Morgan fingerprint density at radius 3 is 2.58 bits per heavy atom. The van der Waals surface area contributed by atoms with Crippen molar-refractivity contribution in [3.05, 3.63) is 41.5 Å². The number of nitrogens with one attached hydrogen (secondary N) is 2. The Morgan fingerprint density at radius 2 is 1.96 bits per heavy atom. The molecule has 144 valence electrons. The van der Waals surface area contributed by atoms with Crippen LogP contribution in [0.2, 0.25) is 0 Å². The molecule has 1 amide bonds. The number of rotatable bonds is 5. The minimum atomic E-state index is -0.170. The van der Waals surface area contributed by atoms with Gasteiger partial charge < -0.3 is 10.6 Å². The van der Waals surface area contributed by atoms with Crippen LogP contribution < -0.4 is 10.6 Å². The highest BCUT2D eigenvalue weighted by Crippen LogP contribution is 2.21. The molecule has 26 heavy (non-hydrogen) atoms. The zero-order valence-electron chi connectivity index (χ0n) is 15.0. The van der Waals surface area contributed by atoms with E-state index in [2.05, 4.69) is 25.9 Å². The SMILES string of the molecule is CCC(NC(=O)c1nnn(C2CCNCC2)c1C)c1ccncc1.Cl.Cl. The molecule has 3 heterocycles. The fourth-order valence-corrected chi connectivity index (χ4v) is 3.19. The quantitative estimate of drug-likeness (QED) is 0.805. The topological polar surface area (TPSA) is 84.7 Å². The van der Waals surface area contributed by atoms with E-state index in [-0.39, 0.29) is 36.8 Å². The Kier molecular flexibility index (Phi) is 8.98. The van der Waals surface area contributed by atoms with Crippen LogP contribution in [0.15, 0.2) is 24.5 Å².